The van der Waals surface area contributed by atoms with Gasteiger partial charge in [-0.05, 0) is 31.5 Å². The van der Waals surface area contributed by atoms with E-state index >= 15 is 0 Å². The summed E-state index contributed by atoms with van der Waals surface area (Å²) >= 11 is 6.08. The molecule has 0 N–H and O–H groups in total. The van der Waals surface area contributed by atoms with Crippen molar-refractivity contribution in [1.82, 2.24) is 9.55 Å². The predicted octanol–water partition coefficient (Wildman–Crippen LogP) is 3.89. The van der Waals surface area contributed by atoms with E-state index in [9.17, 15) is 4.39 Å². The van der Waals surface area contributed by atoms with Gasteiger partial charge < -0.3 is 4.57 Å². The van der Waals surface area contributed by atoms with E-state index < -0.39 is 0 Å². The Balaban J connectivity index is 2.67. The Morgan fingerprint density at radius 3 is 2.88 bits per heavy atom. The van der Waals surface area contributed by atoms with Gasteiger partial charge in [-0.15, -0.1) is 11.6 Å². The maximum Gasteiger partial charge on any atom is 0.127 e. The molecule has 2 aromatic rings. The van der Waals surface area contributed by atoms with Crippen molar-refractivity contribution in [3.63, 3.8) is 0 Å². The summed E-state index contributed by atoms with van der Waals surface area (Å²) in [5.41, 5.74) is 1.63. The molecule has 2 nitrogen and oxygen atoms in total. The summed E-state index contributed by atoms with van der Waals surface area (Å²) in [6, 6.07) is 4.63. The minimum absolute atomic E-state index is 0.165. The molecule has 2 rings (SSSR count). The molecule has 4 heteroatoms. The topological polar surface area (TPSA) is 17.8 Å². The van der Waals surface area contributed by atoms with E-state index in [0.717, 1.165) is 29.8 Å². The highest BCUT2D eigenvalue weighted by molar-refractivity contribution is 6.20. The number of rotatable bonds is 3. The molecule has 0 bridgehead atoms. The second-order valence-electron chi connectivity index (χ2n) is 3.87. The first-order chi connectivity index (χ1) is 7.63. The van der Waals surface area contributed by atoms with Crippen LogP contribution in [0.3, 0.4) is 0 Å². The molecule has 0 amide bonds. The summed E-state index contributed by atoms with van der Waals surface area (Å²) in [5, 5.41) is -0.165. The van der Waals surface area contributed by atoms with Gasteiger partial charge >= 0.3 is 0 Å². The normalized spacial score (nSPS) is 13.2. The van der Waals surface area contributed by atoms with Crippen LogP contribution in [0.15, 0.2) is 18.2 Å². The molecule has 0 aliphatic heterocycles. The van der Waals surface area contributed by atoms with Crippen LogP contribution in [0.4, 0.5) is 4.39 Å². The van der Waals surface area contributed by atoms with Crippen LogP contribution in [0.5, 0.6) is 0 Å². The fourth-order valence-corrected chi connectivity index (χ4v) is 2.04. The number of nitrogens with zero attached hydrogens (tertiary/aromatic N) is 2. The Morgan fingerprint density at radius 2 is 2.25 bits per heavy atom. The van der Waals surface area contributed by atoms with Crippen LogP contribution in [0, 0.1) is 5.82 Å². The summed E-state index contributed by atoms with van der Waals surface area (Å²) in [7, 11) is 0. The molecule has 0 saturated carbocycles. The van der Waals surface area contributed by atoms with Gasteiger partial charge in [-0.1, -0.05) is 6.92 Å². The fourth-order valence-electron chi connectivity index (χ4n) is 1.88. The Hall–Kier alpha value is -1.09. The van der Waals surface area contributed by atoms with E-state index in [0.29, 0.717) is 0 Å². The molecule has 1 unspecified atom stereocenters. The predicted molar refractivity (Wildman–Crippen MR) is 64.3 cm³/mol. The van der Waals surface area contributed by atoms with Crippen LogP contribution in [0.25, 0.3) is 11.0 Å². The Labute approximate surface area is 99.0 Å². The van der Waals surface area contributed by atoms with Gasteiger partial charge in [-0.3, -0.25) is 0 Å². The second kappa shape index (κ2) is 4.42. The molecule has 1 heterocycles. The summed E-state index contributed by atoms with van der Waals surface area (Å²) in [6.45, 7) is 4.77. The first-order valence-electron chi connectivity index (χ1n) is 5.43. The molecule has 0 aliphatic rings. The van der Waals surface area contributed by atoms with Gasteiger partial charge in [0.05, 0.1) is 16.4 Å². The number of fused-ring (bicyclic) bond motifs is 1. The third kappa shape index (κ3) is 1.92. The van der Waals surface area contributed by atoms with Crippen molar-refractivity contribution in [1.29, 1.82) is 0 Å². The highest BCUT2D eigenvalue weighted by Crippen LogP contribution is 2.25. The van der Waals surface area contributed by atoms with Gasteiger partial charge in [0.1, 0.15) is 11.6 Å². The SMILES string of the molecule is CCCn1c(C(C)Cl)nc2ccc(F)cc21. The molecule has 0 aliphatic carbocycles. The van der Waals surface area contributed by atoms with Crippen molar-refractivity contribution in [2.75, 3.05) is 0 Å². The molecule has 0 radical (unpaired) electrons. The highest BCUT2D eigenvalue weighted by atomic mass is 35.5. The van der Waals surface area contributed by atoms with Crippen molar-refractivity contribution >= 4 is 22.6 Å². The third-order valence-electron chi connectivity index (χ3n) is 2.54. The van der Waals surface area contributed by atoms with Crippen LogP contribution in [0.2, 0.25) is 0 Å². The van der Waals surface area contributed by atoms with Crippen LogP contribution in [-0.4, -0.2) is 9.55 Å². The molecule has 86 valence electrons. The first kappa shape index (κ1) is 11.4. The first-order valence-corrected chi connectivity index (χ1v) is 5.87. The maximum absolute atomic E-state index is 13.2. The minimum Gasteiger partial charge on any atom is -0.327 e. The van der Waals surface area contributed by atoms with Crippen molar-refractivity contribution in [3.8, 4) is 0 Å². The summed E-state index contributed by atoms with van der Waals surface area (Å²) in [6.07, 6.45) is 0.971. The number of alkyl halides is 1. The lowest BCUT2D eigenvalue weighted by molar-refractivity contribution is 0.624. The van der Waals surface area contributed by atoms with Gasteiger partial charge in [0, 0.05) is 6.54 Å². The zero-order valence-electron chi connectivity index (χ0n) is 9.37. The van der Waals surface area contributed by atoms with Crippen molar-refractivity contribution in [2.24, 2.45) is 0 Å². The van der Waals surface area contributed by atoms with Gasteiger partial charge in [-0.2, -0.15) is 0 Å². The van der Waals surface area contributed by atoms with Crippen molar-refractivity contribution in [2.45, 2.75) is 32.2 Å². The number of aryl methyl sites for hydroxylation is 1. The molecule has 1 aromatic heterocycles. The van der Waals surface area contributed by atoms with Crippen molar-refractivity contribution < 1.29 is 4.39 Å². The van der Waals surface area contributed by atoms with E-state index in [-0.39, 0.29) is 11.2 Å². The number of benzene rings is 1. The monoisotopic (exact) mass is 240 g/mol. The average Bonchev–Trinajstić information content (AvgIpc) is 2.58. The Morgan fingerprint density at radius 1 is 1.50 bits per heavy atom. The lowest BCUT2D eigenvalue weighted by atomic mass is 10.3. The molecular formula is C12H14ClFN2. The number of halogens is 2. The molecular weight excluding hydrogens is 227 g/mol. The van der Waals surface area contributed by atoms with Gasteiger partial charge in [0.25, 0.3) is 0 Å². The van der Waals surface area contributed by atoms with E-state index in [1.54, 1.807) is 6.07 Å². The smallest absolute Gasteiger partial charge is 0.127 e. The molecule has 1 atom stereocenters. The number of hydrogen-bond donors (Lipinski definition) is 0. The third-order valence-corrected chi connectivity index (χ3v) is 2.74. The van der Waals surface area contributed by atoms with Gasteiger partial charge in [-0.25, -0.2) is 9.37 Å². The summed E-state index contributed by atoms with van der Waals surface area (Å²) in [4.78, 5) is 4.44. The van der Waals surface area contributed by atoms with Gasteiger partial charge in [0.15, 0.2) is 0 Å². The Kier molecular flexibility index (Phi) is 3.15. The van der Waals surface area contributed by atoms with Crippen LogP contribution < -0.4 is 0 Å². The minimum atomic E-state index is -0.237. The average molecular weight is 241 g/mol. The summed E-state index contributed by atoms with van der Waals surface area (Å²) in [5.74, 6) is 0.572. The summed E-state index contributed by atoms with van der Waals surface area (Å²) < 4.78 is 15.2. The van der Waals surface area contributed by atoms with E-state index in [1.165, 1.54) is 12.1 Å². The largest absolute Gasteiger partial charge is 0.327 e. The molecule has 0 fully saturated rings. The maximum atomic E-state index is 13.2. The standard InChI is InChI=1S/C12H14ClFN2/c1-3-6-16-11-7-9(14)4-5-10(11)15-12(16)8(2)13/h4-5,7-8H,3,6H2,1-2H3. The fraction of sp³-hybridized carbons (Fsp3) is 0.417. The second-order valence-corrected chi connectivity index (χ2v) is 4.53. The molecule has 16 heavy (non-hydrogen) atoms. The van der Waals surface area contributed by atoms with Crippen LogP contribution in [-0.2, 0) is 6.54 Å². The zero-order chi connectivity index (χ0) is 11.7. The number of aromatic nitrogens is 2. The van der Waals surface area contributed by atoms with Crippen LogP contribution >= 0.6 is 11.6 Å². The number of imidazole rings is 1. The quantitative estimate of drug-likeness (QED) is 0.745. The lowest BCUT2D eigenvalue weighted by Crippen LogP contribution is -2.03. The van der Waals surface area contributed by atoms with Crippen molar-refractivity contribution in [3.05, 3.63) is 29.8 Å². The Bertz CT molecular complexity index is 505. The van der Waals surface area contributed by atoms with Gasteiger partial charge in [0.2, 0.25) is 0 Å². The van der Waals surface area contributed by atoms with E-state index in [4.69, 9.17) is 11.6 Å². The van der Waals surface area contributed by atoms with E-state index in [2.05, 4.69) is 11.9 Å². The molecule has 1 aromatic carbocycles. The highest BCUT2D eigenvalue weighted by Gasteiger charge is 2.14. The zero-order valence-corrected chi connectivity index (χ0v) is 10.1. The number of hydrogen-bond acceptors (Lipinski definition) is 1. The van der Waals surface area contributed by atoms with E-state index in [1.807, 2.05) is 11.5 Å². The van der Waals surface area contributed by atoms with Crippen LogP contribution in [0.1, 0.15) is 31.5 Å². The molecule has 0 spiro atoms. The lowest BCUT2D eigenvalue weighted by Gasteiger charge is -2.08. The molecule has 0 saturated heterocycles.